The highest BCUT2D eigenvalue weighted by Gasteiger charge is 2.04. The molecule has 2 aromatic rings. The second kappa shape index (κ2) is 4.22. The predicted molar refractivity (Wildman–Crippen MR) is 54.3 cm³/mol. The Kier molecular flexibility index (Phi) is 3.23. The van der Waals surface area contributed by atoms with E-state index in [0.29, 0.717) is 10.9 Å². The number of fused-ring (bicyclic) bond motifs is 1. The minimum atomic E-state index is -0.815. The maximum absolute atomic E-state index is 12.7. The van der Waals surface area contributed by atoms with Crippen LogP contribution >= 0.6 is 0 Å². The van der Waals surface area contributed by atoms with Crippen LogP contribution in [0.1, 0.15) is 19.5 Å². The zero-order valence-electron chi connectivity index (χ0n) is 8.49. The van der Waals surface area contributed by atoms with Crippen LogP contribution in [-0.2, 0) is 0 Å². The van der Waals surface area contributed by atoms with Gasteiger partial charge in [0.25, 0.3) is 0 Å². The zero-order chi connectivity index (χ0) is 10.7. The third kappa shape index (κ3) is 1.92. The van der Waals surface area contributed by atoms with Gasteiger partial charge in [0.2, 0.25) is 0 Å². The van der Waals surface area contributed by atoms with Gasteiger partial charge in [-0.2, -0.15) is 0 Å². The lowest BCUT2D eigenvalue weighted by molar-refractivity contribution is 0.511. The maximum Gasteiger partial charge on any atom is 0.160 e. The van der Waals surface area contributed by atoms with Gasteiger partial charge in [-0.1, -0.05) is 13.8 Å². The van der Waals surface area contributed by atoms with E-state index in [2.05, 4.69) is 4.98 Å². The molecular formula is C11H13F2N. The largest absolute Gasteiger partial charge is 0.359 e. The van der Waals surface area contributed by atoms with Crippen molar-refractivity contribution >= 4 is 10.9 Å². The van der Waals surface area contributed by atoms with E-state index >= 15 is 0 Å². The molecule has 0 spiro atoms. The number of hydrogen-bond donors (Lipinski definition) is 1. The molecule has 1 aromatic heterocycles. The summed E-state index contributed by atoms with van der Waals surface area (Å²) in [5.41, 5.74) is 1.53. The van der Waals surface area contributed by atoms with Crippen LogP contribution in [0.3, 0.4) is 0 Å². The van der Waals surface area contributed by atoms with Crippen molar-refractivity contribution in [2.24, 2.45) is 0 Å². The average Bonchev–Trinajstić information content (AvgIpc) is 2.49. The highest BCUT2D eigenvalue weighted by atomic mass is 19.2. The Morgan fingerprint density at radius 3 is 2.21 bits per heavy atom. The number of aryl methyl sites for hydroxylation is 1. The van der Waals surface area contributed by atoms with Crippen molar-refractivity contribution in [1.82, 2.24) is 4.98 Å². The molecule has 14 heavy (non-hydrogen) atoms. The van der Waals surface area contributed by atoms with Crippen LogP contribution in [0.4, 0.5) is 8.78 Å². The molecule has 1 heterocycles. The summed E-state index contributed by atoms with van der Waals surface area (Å²) in [5.74, 6) is -1.62. The van der Waals surface area contributed by atoms with Crippen LogP contribution < -0.4 is 0 Å². The topological polar surface area (TPSA) is 15.8 Å². The second-order valence-corrected chi connectivity index (χ2v) is 2.81. The normalized spacial score (nSPS) is 9.79. The molecule has 0 bridgehead atoms. The standard InChI is InChI=1S/C9H7F2N.C2H6/c1-5-2-6-3-7(10)8(11)4-9(6)12-5;1-2/h2-4,12H,1H3;1-2H3. The van der Waals surface area contributed by atoms with Crippen LogP contribution in [0.5, 0.6) is 0 Å². The highest BCUT2D eigenvalue weighted by Crippen LogP contribution is 2.18. The fourth-order valence-electron chi connectivity index (χ4n) is 1.27. The monoisotopic (exact) mass is 197 g/mol. The first-order chi connectivity index (χ1) is 6.66. The third-order valence-corrected chi connectivity index (χ3v) is 1.80. The molecule has 0 fully saturated rings. The molecule has 1 N–H and O–H groups in total. The Hall–Kier alpha value is -1.38. The quantitative estimate of drug-likeness (QED) is 0.661. The summed E-state index contributed by atoms with van der Waals surface area (Å²) in [6.07, 6.45) is 0. The lowest BCUT2D eigenvalue weighted by Crippen LogP contribution is -1.81. The molecular weight excluding hydrogens is 184 g/mol. The van der Waals surface area contributed by atoms with Crippen LogP contribution in [0.2, 0.25) is 0 Å². The lowest BCUT2D eigenvalue weighted by atomic mass is 10.2. The van der Waals surface area contributed by atoms with Gasteiger partial charge in [0.1, 0.15) is 0 Å². The SMILES string of the molecule is CC.Cc1cc2cc(F)c(F)cc2[nH]1. The maximum atomic E-state index is 12.7. The highest BCUT2D eigenvalue weighted by molar-refractivity contribution is 5.80. The third-order valence-electron chi connectivity index (χ3n) is 1.80. The van der Waals surface area contributed by atoms with Crippen molar-refractivity contribution < 1.29 is 8.78 Å². The predicted octanol–water partition coefficient (Wildman–Crippen LogP) is 3.78. The molecule has 2 rings (SSSR count). The van der Waals surface area contributed by atoms with Crippen LogP contribution in [0, 0.1) is 18.6 Å². The van der Waals surface area contributed by atoms with Crippen LogP contribution in [0.25, 0.3) is 10.9 Å². The summed E-state index contributed by atoms with van der Waals surface area (Å²) in [5, 5.41) is 0.700. The van der Waals surface area contributed by atoms with E-state index in [0.717, 1.165) is 11.8 Å². The summed E-state index contributed by atoms with van der Waals surface area (Å²) < 4.78 is 25.3. The fourth-order valence-corrected chi connectivity index (χ4v) is 1.27. The number of H-pyrrole nitrogens is 1. The summed E-state index contributed by atoms with van der Waals surface area (Å²) in [6, 6.07) is 4.13. The van der Waals surface area contributed by atoms with Gasteiger partial charge in [-0.3, -0.25) is 0 Å². The van der Waals surface area contributed by atoms with E-state index in [9.17, 15) is 8.78 Å². The summed E-state index contributed by atoms with van der Waals surface area (Å²) in [4.78, 5) is 2.92. The molecule has 0 saturated carbocycles. The van der Waals surface area contributed by atoms with Crippen molar-refractivity contribution in [2.45, 2.75) is 20.8 Å². The minimum Gasteiger partial charge on any atom is -0.359 e. The number of aromatic nitrogens is 1. The number of aromatic amines is 1. The van der Waals surface area contributed by atoms with Crippen molar-refractivity contribution in [1.29, 1.82) is 0 Å². The first-order valence-electron chi connectivity index (χ1n) is 4.61. The minimum absolute atomic E-state index is 0.631. The molecule has 76 valence electrons. The van der Waals surface area contributed by atoms with E-state index in [4.69, 9.17) is 0 Å². The molecule has 0 amide bonds. The lowest BCUT2D eigenvalue weighted by Gasteiger charge is -1.91. The molecule has 0 atom stereocenters. The molecule has 0 unspecified atom stereocenters. The van der Waals surface area contributed by atoms with Gasteiger partial charge in [0.15, 0.2) is 11.6 Å². The second-order valence-electron chi connectivity index (χ2n) is 2.81. The van der Waals surface area contributed by atoms with E-state index in [-0.39, 0.29) is 0 Å². The van der Waals surface area contributed by atoms with Gasteiger partial charge >= 0.3 is 0 Å². The average molecular weight is 197 g/mol. The van der Waals surface area contributed by atoms with Gasteiger partial charge in [-0.05, 0) is 19.1 Å². The van der Waals surface area contributed by atoms with Gasteiger partial charge in [-0.25, -0.2) is 8.78 Å². The Labute approximate surface area is 81.8 Å². The number of halogens is 2. The number of rotatable bonds is 0. The van der Waals surface area contributed by atoms with E-state index in [1.54, 1.807) is 6.07 Å². The van der Waals surface area contributed by atoms with Gasteiger partial charge in [-0.15, -0.1) is 0 Å². The van der Waals surface area contributed by atoms with Gasteiger partial charge in [0.05, 0.1) is 0 Å². The molecule has 1 aromatic carbocycles. The molecule has 1 nitrogen and oxygen atoms in total. The van der Waals surface area contributed by atoms with Crippen molar-refractivity contribution in [3.63, 3.8) is 0 Å². The molecule has 0 aliphatic rings. The number of hydrogen-bond acceptors (Lipinski definition) is 0. The Bertz CT molecular complexity index is 393. The van der Waals surface area contributed by atoms with Crippen molar-refractivity contribution in [3.05, 3.63) is 35.5 Å². The van der Waals surface area contributed by atoms with E-state index < -0.39 is 11.6 Å². The smallest absolute Gasteiger partial charge is 0.160 e. The Balaban J connectivity index is 0.000000461. The Morgan fingerprint density at radius 2 is 1.57 bits per heavy atom. The van der Waals surface area contributed by atoms with Crippen LogP contribution in [0.15, 0.2) is 18.2 Å². The summed E-state index contributed by atoms with van der Waals surface area (Å²) in [7, 11) is 0. The number of benzene rings is 1. The van der Waals surface area contributed by atoms with Crippen molar-refractivity contribution in [3.8, 4) is 0 Å². The summed E-state index contributed by atoms with van der Waals surface area (Å²) >= 11 is 0. The fraction of sp³-hybridized carbons (Fsp3) is 0.273. The van der Waals surface area contributed by atoms with Gasteiger partial charge < -0.3 is 4.98 Å². The first-order valence-corrected chi connectivity index (χ1v) is 4.61. The van der Waals surface area contributed by atoms with Crippen LogP contribution in [-0.4, -0.2) is 4.98 Å². The summed E-state index contributed by atoms with van der Waals surface area (Å²) in [6.45, 7) is 5.84. The van der Waals surface area contributed by atoms with E-state index in [1.807, 2.05) is 20.8 Å². The first kappa shape index (κ1) is 10.7. The molecule has 3 heteroatoms. The molecule has 0 aliphatic carbocycles. The molecule has 0 radical (unpaired) electrons. The zero-order valence-corrected chi connectivity index (χ0v) is 8.49. The molecule has 0 saturated heterocycles. The molecule has 0 aliphatic heterocycles. The van der Waals surface area contributed by atoms with Gasteiger partial charge in [0, 0.05) is 22.7 Å². The number of nitrogens with one attached hydrogen (secondary N) is 1. The Morgan fingerprint density at radius 1 is 1.00 bits per heavy atom. The van der Waals surface area contributed by atoms with Crippen molar-refractivity contribution in [2.75, 3.05) is 0 Å². The van der Waals surface area contributed by atoms with E-state index in [1.165, 1.54) is 6.07 Å².